The minimum atomic E-state index is -4.52. The van der Waals surface area contributed by atoms with Gasteiger partial charge in [0.2, 0.25) is 0 Å². The van der Waals surface area contributed by atoms with Gasteiger partial charge in [-0.25, -0.2) is 4.98 Å². The van der Waals surface area contributed by atoms with Gasteiger partial charge in [-0.15, -0.1) is 0 Å². The van der Waals surface area contributed by atoms with E-state index in [2.05, 4.69) is 4.98 Å². The summed E-state index contributed by atoms with van der Waals surface area (Å²) in [7, 11) is 0. The number of carboxylic acid groups (broad SMARTS) is 1. The van der Waals surface area contributed by atoms with E-state index in [9.17, 15) is 18.0 Å². The molecule has 0 aromatic carbocycles. The van der Waals surface area contributed by atoms with Crippen LogP contribution in [0.15, 0.2) is 12.3 Å². The third-order valence-corrected chi connectivity index (χ3v) is 3.98. The fraction of sp³-hybridized carbons (Fsp3) is 0.385. The van der Waals surface area contributed by atoms with Crippen molar-refractivity contribution in [3.8, 4) is 0 Å². The summed E-state index contributed by atoms with van der Waals surface area (Å²) in [4.78, 5) is 15.3. The summed E-state index contributed by atoms with van der Waals surface area (Å²) in [6.07, 6.45) is -2.59. The van der Waals surface area contributed by atoms with Crippen LogP contribution in [0.4, 0.5) is 13.2 Å². The number of nitrogens with zero attached hydrogens (tertiary/aromatic N) is 2. The second kappa shape index (κ2) is 4.62. The van der Waals surface area contributed by atoms with Crippen LogP contribution >= 0.6 is 11.6 Å². The van der Waals surface area contributed by atoms with Crippen molar-refractivity contribution in [2.24, 2.45) is 5.92 Å². The van der Waals surface area contributed by atoms with E-state index in [-0.39, 0.29) is 17.1 Å². The summed E-state index contributed by atoms with van der Waals surface area (Å²) >= 11 is 5.89. The molecule has 2 heterocycles. The highest BCUT2D eigenvalue weighted by molar-refractivity contribution is 6.33. The molecule has 0 saturated carbocycles. The van der Waals surface area contributed by atoms with Crippen LogP contribution in [0.3, 0.4) is 0 Å². The topological polar surface area (TPSA) is 54.6 Å². The van der Waals surface area contributed by atoms with Gasteiger partial charge >= 0.3 is 12.1 Å². The molecule has 0 spiro atoms. The van der Waals surface area contributed by atoms with Gasteiger partial charge in [-0.3, -0.25) is 4.79 Å². The number of carbonyl (C=O) groups is 1. The van der Waals surface area contributed by atoms with E-state index in [1.807, 2.05) is 0 Å². The third kappa shape index (κ3) is 2.35. The van der Waals surface area contributed by atoms with Crippen molar-refractivity contribution >= 4 is 23.2 Å². The largest absolute Gasteiger partial charge is 0.481 e. The molecule has 1 aliphatic rings. The van der Waals surface area contributed by atoms with Crippen LogP contribution in [0, 0.1) is 5.92 Å². The normalized spacial score (nSPS) is 18.8. The predicted molar refractivity (Wildman–Crippen MR) is 68.4 cm³/mol. The van der Waals surface area contributed by atoms with E-state index in [0.29, 0.717) is 24.2 Å². The zero-order valence-corrected chi connectivity index (χ0v) is 11.4. The molecule has 2 aromatic rings. The molecule has 1 unspecified atom stereocenters. The second-order valence-corrected chi connectivity index (χ2v) is 5.46. The van der Waals surface area contributed by atoms with Gasteiger partial charge < -0.3 is 9.51 Å². The fourth-order valence-corrected chi connectivity index (χ4v) is 2.88. The van der Waals surface area contributed by atoms with E-state index in [1.54, 1.807) is 0 Å². The average molecular weight is 319 g/mol. The summed E-state index contributed by atoms with van der Waals surface area (Å²) in [5.41, 5.74) is 0.476. The number of aryl methyl sites for hydroxylation is 1. The van der Waals surface area contributed by atoms with Gasteiger partial charge in [0.25, 0.3) is 0 Å². The Kier molecular flexibility index (Phi) is 3.12. The average Bonchev–Trinajstić information content (AvgIpc) is 2.76. The number of halogens is 4. The van der Waals surface area contributed by atoms with Crippen LogP contribution in [0.5, 0.6) is 0 Å². The Balaban J connectivity index is 2.18. The van der Waals surface area contributed by atoms with E-state index in [0.717, 1.165) is 12.3 Å². The van der Waals surface area contributed by atoms with Gasteiger partial charge in [0.1, 0.15) is 0 Å². The molecule has 4 nitrogen and oxygen atoms in total. The van der Waals surface area contributed by atoms with E-state index < -0.39 is 23.6 Å². The smallest absolute Gasteiger partial charge is 0.417 e. The molecule has 0 bridgehead atoms. The number of carboxylic acids is 1. The Morgan fingerprint density at radius 3 is 2.81 bits per heavy atom. The molecule has 21 heavy (non-hydrogen) atoms. The van der Waals surface area contributed by atoms with Crippen LogP contribution in [-0.2, 0) is 23.8 Å². The lowest BCUT2D eigenvalue weighted by Gasteiger charge is -2.18. The van der Waals surface area contributed by atoms with Crippen molar-refractivity contribution in [2.75, 3.05) is 0 Å². The third-order valence-electron chi connectivity index (χ3n) is 3.70. The maximum absolute atomic E-state index is 12.9. The molecule has 3 rings (SSSR count). The van der Waals surface area contributed by atoms with Gasteiger partial charge in [0.15, 0.2) is 5.65 Å². The second-order valence-electron chi connectivity index (χ2n) is 5.05. The zero-order chi connectivity index (χ0) is 15.4. The number of hydrogen-bond donors (Lipinski definition) is 1. The monoisotopic (exact) mass is 318 g/mol. The van der Waals surface area contributed by atoms with Crippen LogP contribution in [0.2, 0.25) is 5.02 Å². The fourth-order valence-electron chi connectivity index (χ4n) is 2.63. The van der Waals surface area contributed by atoms with E-state index in [1.165, 1.54) is 4.40 Å². The van der Waals surface area contributed by atoms with Crippen molar-refractivity contribution in [1.29, 1.82) is 0 Å². The van der Waals surface area contributed by atoms with Crippen LogP contribution in [0.25, 0.3) is 5.65 Å². The molecule has 0 aliphatic heterocycles. The maximum Gasteiger partial charge on any atom is 0.417 e. The molecule has 1 N–H and O–H groups in total. The highest BCUT2D eigenvalue weighted by Gasteiger charge is 2.34. The first-order valence-electron chi connectivity index (χ1n) is 6.26. The highest BCUT2D eigenvalue weighted by atomic mass is 35.5. The van der Waals surface area contributed by atoms with Crippen molar-refractivity contribution in [2.45, 2.75) is 25.4 Å². The molecular formula is C13H10ClF3N2O2. The van der Waals surface area contributed by atoms with Gasteiger partial charge in [-0.2, -0.15) is 13.2 Å². The molecule has 0 fully saturated rings. The Bertz CT molecular complexity index is 739. The molecule has 1 atom stereocenters. The minimum absolute atomic E-state index is 0.0916. The molecule has 0 amide bonds. The van der Waals surface area contributed by atoms with Crippen LogP contribution in [0.1, 0.15) is 23.4 Å². The first kappa shape index (κ1) is 14.2. The number of rotatable bonds is 1. The number of imidazole rings is 1. The molecule has 0 saturated heterocycles. The minimum Gasteiger partial charge on any atom is -0.481 e. The number of aromatic nitrogens is 2. The van der Waals surface area contributed by atoms with Gasteiger partial charge in [-0.05, 0) is 18.9 Å². The predicted octanol–water partition coefficient (Wildman–Crippen LogP) is 3.20. The Morgan fingerprint density at radius 2 is 2.19 bits per heavy atom. The van der Waals surface area contributed by atoms with Crippen molar-refractivity contribution in [1.82, 2.24) is 9.38 Å². The number of alkyl halides is 3. The highest BCUT2D eigenvalue weighted by Crippen LogP contribution is 2.35. The van der Waals surface area contributed by atoms with Crippen molar-refractivity contribution in [3.63, 3.8) is 0 Å². The SMILES string of the molecule is O=C(O)C1CCc2nc3c(Cl)cc(C(F)(F)F)cn3c2C1. The summed E-state index contributed by atoms with van der Waals surface area (Å²) in [5.74, 6) is -1.56. The summed E-state index contributed by atoms with van der Waals surface area (Å²) in [5, 5.41) is 8.98. The van der Waals surface area contributed by atoms with Gasteiger partial charge in [0, 0.05) is 18.3 Å². The number of hydrogen-bond acceptors (Lipinski definition) is 2. The number of aliphatic carboxylic acids is 1. The lowest BCUT2D eigenvalue weighted by atomic mass is 9.90. The Morgan fingerprint density at radius 1 is 1.48 bits per heavy atom. The maximum atomic E-state index is 12.9. The first-order chi connectivity index (χ1) is 9.77. The molecular weight excluding hydrogens is 309 g/mol. The van der Waals surface area contributed by atoms with E-state index in [4.69, 9.17) is 16.7 Å². The van der Waals surface area contributed by atoms with Crippen molar-refractivity contribution < 1.29 is 23.1 Å². The van der Waals surface area contributed by atoms with Gasteiger partial charge in [-0.1, -0.05) is 11.6 Å². The molecule has 2 aromatic heterocycles. The number of pyridine rings is 1. The summed E-state index contributed by atoms with van der Waals surface area (Å²) in [6, 6.07) is 0.837. The molecule has 1 aliphatic carbocycles. The van der Waals surface area contributed by atoms with E-state index >= 15 is 0 Å². The Labute approximate surface area is 122 Å². The van der Waals surface area contributed by atoms with Crippen LogP contribution < -0.4 is 0 Å². The summed E-state index contributed by atoms with van der Waals surface area (Å²) in [6.45, 7) is 0. The van der Waals surface area contributed by atoms with Crippen LogP contribution in [-0.4, -0.2) is 20.5 Å². The first-order valence-corrected chi connectivity index (χ1v) is 6.64. The molecule has 112 valence electrons. The van der Waals surface area contributed by atoms with Gasteiger partial charge in [0.05, 0.1) is 22.2 Å². The van der Waals surface area contributed by atoms with Crippen molar-refractivity contribution in [3.05, 3.63) is 34.2 Å². The molecule has 8 heteroatoms. The zero-order valence-electron chi connectivity index (χ0n) is 10.6. The standard InChI is InChI=1S/C13H10ClF3N2O2/c14-8-4-7(13(15,16)17)5-19-10-3-6(12(20)21)1-2-9(10)18-11(8)19/h4-6H,1-3H2,(H,20,21). The summed E-state index contributed by atoms with van der Waals surface area (Å²) < 4.78 is 39.8. The quantitative estimate of drug-likeness (QED) is 0.878. The lowest BCUT2D eigenvalue weighted by Crippen LogP contribution is -2.23. The Hall–Kier alpha value is -1.76. The lowest BCUT2D eigenvalue weighted by molar-refractivity contribution is -0.142. The number of fused-ring (bicyclic) bond motifs is 3. The molecule has 0 radical (unpaired) electrons.